The third-order valence-electron chi connectivity index (χ3n) is 2.38. The molecule has 0 aliphatic heterocycles. The predicted molar refractivity (Wildman–Crippen MR) is 71.4 cm³/mol. The van der Waals surface area contributed by atoms with Gasteiger partial charge in [-0.1, -0.05) is 29.8 Å². The lowest BCUT2D eigenvalue weighted by Crippen LogP contribution is -2.04. The minimum atomic E-state index is 0.693. The topological polar surface area (TPSA) is 35.8 Å². The first-order chi connectivity index (χ1) is 7.63. The van der Waals surface area contributed by atoms with Gasteiger partial charge in [0, 0.05) is 11.0 Å². The number of nitriles is 1. The van der Waals surface area contributed by atoms with Gasteiger partial charge in [-0.15, -0.1) is 0 Å². The number of halogens is 1. The normalized spacial score (nSPS) is 10.2. The molecule has 16 heavy (non-hydrogen) atoms. The first-order valence-electron chi connectivity index (χ1n) is 5.57. The van der Waals surface area contributed by atoms with E-state index in [-0.39, 0.29) is 0 Å². The van der Waals surface area contributed by atoms with E-state index in [1.165, 1.54) is 6.42 Å². The van der Waals surface area contributed by atoms with E-state index in [0.717, 1.165) is 29.0 Å². The van der Waals surface area contributed by atoms with Crippen LogP contribution in [0.3, 0.4) is 0 Å². The van der Waals surface area contributed by atoms with Crippen molar-refractivity contribution in [3.63, 3.8) is 0 Å². The van der Waals surface area contributed by atoms with Gasteiger partial charge in [0.2, 0.25) is 0 Å². The summed E-state index contributed by atoms with van der Waals surface area (Å²) in [7, 11) is 0. The Labute approximate surface area is 106 Å². The molecule has 0 spiro atoms. The van der Waals surface area contributed by atoms with Crippen molar-refractivity contribution in [3.8, 4) is 6.07 Å². The van der Waals surface area contributed by atoms with Gasteiger partial charge in [-0.25, -0.2) is 0 Å². The van der Waals surface area contributed by atoms with E-state index in [1.54, 1.807) is 0 Å². The highest BCUT2D eigenvalue weighted by atomic mass is 79.9. The van der Waals surface area contributed by atoms with Crippen LogP contribution in [0.5, 0.6) is 0 Å². The predicted octanol–water partition coefficient (Wildman–Crippen LogP) is 4.17. The number of nitrogens with zero attached hydrogens (tertiary/aromatic N) is 1. The smallest absolute Gasteiger partial charge is 0.101 e. The van der Waals surface area contributed by atoms with Crippen molar-refractivity contribution in [3.05, 3.63) is 28.2 Å². The summed E-state index contributed by atoms with van der Waals surface area (Å²) in [6, 6.07) is 7.92. The lowest BCUT2D eigenvalue weighted by Gasteiger charge is -2.09. The van der Waals surface area contributed by atoms with Gasteiger partial charge in [0.05, 0.1) is 11.3 Å². The second-order valence-corrected chi connectivity index (χ2v) is 5.18. The molecule has 0 unspecified atom stereocenters. The molecule has 1 aromatic rings. The average Bonchev–Trinajstić information content (AvgIpc) is 2.25. The van der Waals surface area contributed by atoms with Gasteiger partial charge in [0.25, 0.3) is 0 Å². The SMILES string of the molecule is CC(C)CCCNc1ccc(Br)cc1C#N. The quantitative estimate of drug-likeness (QED) is 0.822. The standard InChI is InChI=1S/C13H17BrN2/c1-10(2)4-3-7-16-13-6-5-12(14)8-11(13)9-15/h5-6,8,10,16H,3-4,7H2,1-2H3. The van der Waals surface area contributed by atoms with Crippen LogP contribution in [0, 0.1) is 17.2 Å². The molecule has 1 rings (SSSR count). The zero-order valence-corrected chi connectivity index (χ0v) is 11.3. The van der Waals surface area contributed by atoms with Crippen LogP contribution < -0.4 is 5.32 Å². The largest absolute Gasteiger partial charge is 0.384 e. The summed E-state index contributed by atoms with van der Waals surface area (Å²) in [5.74, 6) is 0.738. The van der Waals surface area contributed by atoms with Crippen LogP contribution in [0.25, 0.3) is 0 Å². The third-order valence-corrected chi connectivity index (χ3v) is 2.87. The molecule has 1 N–H and O–H groups in total. The maximum atomic E-state index is 8.98. The first kappa shape index (κ1) is 13.1. The summed E-state index contributed by atoms with van der Waals surface area (Å²) in [6.45, 7) is 5.37. The number of hydrogen-bond donors (Lipinski definition) is 1. The Morgan fingerprint density at radius 3 is 2.81 bits per heavy atom. The van der Waals surface area contributed by atoms with Crippen molar-refractivity contribution in [1.29, 1.82) is 5.26 Å². The monoisotopic (exact) mass is 280 g/mol. The number of rotatable bonds is 5. The van der Waals surface area contributed by atoms with Crippen LogP contribution >= 0.6 is 15.9 Å². The molecule has 0 amide bonds. The molecule has 86 valence electrons. The number of hydrogen-bond acceptors (Lipinski definition) is 2. The molecule has 0 heterocycles. The van der Waals surface area contributed by atoms with Gasteiger partial charge in [0.15, 0.2) is 0 Å². The van der Waals surface area contributed by atoms with Crippen LogP contribution in [-0.2, 0) is 0 Å². The molecule has 0 aromatic heterocycles. The molecule has 2 nitrogen and oxygen atoms in total. The lowest BCUT2D eigenvalue weighted by atomic mass is 10.1. The molecule has 0 fully saturated rings. The van der Waals surface area contributed by atoms with Crippen molar-refractivity contribution in [2.24, 2.45) is 5.92 Å². The van der Waals surface area contributed by atoms with Crippen LogP contribution in [-0.4, -0.2) is 6.54 Å². The third kappa shape index (κ3) is 4.24. The van der Waals surface area contributed by atoms with E-state index in [9.17, 15) is 0 Å². The molecule has 0 atom stereocenters. The molecule has 0 aliphatic rings. The Morgan fingerprint density at radius 2 is 2.19 bits per heavy atom. The van der Waals surface area contributed by atoms with Crippen molar-refractivity contribution in [2.45, 2.75) is 26.7 Å². The van der Waals surface area contributed by atoms with E-state index in [0.29, 0.717) is 5.56 Å². The second kappa shape index (κ2) is 6.55. The highest BCUT2D eigenvalue weighted by Gasteiger charge is 2.02. The Hall–Kier alpha value is -1.01. The number of anilines is 1. The van der Waals surface area contributed by atoms with Crippen molar-refractivity contribution >= 4 is 21.6 Å². The molecule has 3 heteroatoms. The van der Waals surface area contributed by atoms with Gasteiger partial charge >= 0.3 is 0 Å². The van der Waals surface area contributed by atoms with Crippen molar-refractivity contribution in [1.82, 2.24) is 0 Å². The molecular weight excluding hydrogens is 264 g/mol. The minimum Gasteiger partial charge on any atom is -0.384 e. The van der Waals surface area contributed by atoms with Crippen LogP contribution in [0.1, 0.15) is 32.3 Å². The summed E-state index contributed by atoms with van der Waals surface area (Å²) in [5, 5.41) is 12.3. The fraction of sp³-hybridized carbons (Fsp3) is 0.462. The molecule has 0 saturated carbocycles. The summed E-state index contributed by atoms with van der Waals surface area (Å²) in [5.41, 5.74) is 1.62. The Morgan fingerprint density at radius 1 is 1.44 bits per heavy atom. The Kier molecular flexibility index (Phi) is 5.34. The average molecular weight is 281 g/mol. The summed E-state index contributed by atoms with van der Waals surface area (Å²) in [4.78, 5) is 0. The molecule has 1 aromatic carbocycles. The zero-order valence-electron chi connectivity index (χ0n) is 9.76. The first-order valence-corrected chi connectivity index (χ1v) is 6.36. The highest BCUT2D eigenvalue weighted by Crippen LogP contribution is 2.20. The van der Waals surface area contributed by atoms with Gasteiger partial charge in [-0.2, -0.15) is 5.26 Å². The maximum Gasteiger partial charge on any atom is 0.101 e. The van der Waals surface area contributed by atoms with E-state index in [2.05, 4.69) is 41.2 Å². The van der Waals surface area contributed by atoms with E-state index in [4.69, 9.17) is 5.26 Å². The number of benzene rings is 1. The van der Waals surface area contributed by atoms with Crippen LogP contribution in [0.2, 0.25) is 0 Å². The van der Waals surface area contributed by atoms with Crippen molar-refractivity contribution < 1.29 is 0 Å². The van der Waals surface area contributed by atoms with E-state index < -0.39 is 0 Å². The van der Waals surface area contributed by atoms with Gasteiger partial charge in [0.1, 0.15) is 6.07 Å². The zero-order chi connectivity index (χ0) is 12.0. The molecule has 0 radical (unpaired) electrons. The maximum absolute atomic E-state index is 8.98. The summed E-state index contributed by atoms with van der Waals surface area (Å²) in [6.07, 6.45) is 2.35. The van der Waals surface area contributed by atoms with Crippen LogP contribution in [0.15, 0.2) is 22.7 Å². The minimum absolute atomic E-state index is 0.693. The van der Waals surface area contributed by atoms with Gasteiger partial charge < -0.3 is 5.32 Å². The molecule has 0 aliphatic carbocycles. The number of nitrogens with one attached hydrogen (secondary N) is 1. The summed E-state index contributed by atoms with van der Waals surface area (Å²) < 4.78 is 0.941. The fourth-order valence-electron chi connectivity index (χ4n) is 1.50. The Balaban J connectivity index is 2.51. The lowest BCUT2D eigenvalue weighted by molar-refractivity contribution is 0.567. The summed E-state index contributed by atoms with van der Waals surface area (Å²) >= 11 is 3.36. The van der Waals surface area contributed by atoms with E-state index >= 15 is 0 Å². The van der Waals surface area contributed by atoms with Crippen LogP contribution in [0.4, 0.5) is 5.69 Å². The van der Waals surface area contributed by atoms with Gasteiger partial charge in [-0.05, 0) is 37.0 Å². The second-order valence-electron chi connectivity index (χ2n) is 4.26. The fourth-order valence-corrected chi connectivity index (χ4v) is 1.86. The highest BCUT2D eigenvalue weighted by molar-refractivity contribution is 9.10. The molecule has 0 bridgehead atoms. The van der Waals surface area contributed by atoms with E-state index in [1.807, 2.05) is 18.2 Å². The molecular formula is C13H17BrN2. The van der Waals surface area contributed by atoms with Gasteiger partial charge in [-0.3, -0.25) is 0 Å². The van der Waals surface area contributed by atoms with Crippen molar-refractivity contribution in [2.75, 3.05) is 11.9 Å². The Bertz CT molecular complexity index is 380. The molecule has 0 saturated heterocycles.